The first-order valence-corrected chi connectivity index (χ1v) is 13.0. The first kappa shape index (κ1) is 24.9. The number of unbranched alkanes of at least 4 members (excludes halogenated alkanes) is 1. The molecule has 4 aromatic rings. The monoisotopic (exact) mass is 515 g/mol. The van der Waals surface area contributed by atoms with E-state index in [9.17, 15) is 4.79 Å². The zero-order valence-electron chi connectivity index (χ0n) is 21.0. The number of nitrogens with zero attached hydrogens (tertiary/aromatic N) is 2. The number of ether oxygens (including phenoxy) is 2. The summed E-state index contributed by atoms with van der Waals surface area (Å²) in [5.74, 6) is 1.28. The van der Waals surface area contributed by atoms with Gasteiger partial charge in [0.05, 0.1) is 25.5 Å². The Hall–Kier alpha value is -3.77. The van der Waals surface area contributed by atoms with Gasteiger partial charge < -0.3 is 14.4 Å². The number of methoxy groups -OCH3 is 1. The Morgan fingerprint density at radius 1 is 1.03 bits per heavy atom. The number of carbonyl (C=O) groups excluding carboxylic acids is 1. The van der Waals surface area contributed by atoms with Gasteiger partial charge in [-0.15, -0.1) is 0 Å². The number of hydrogen-bond donors (Lipinski definition) is 1. The van der Waals surface area contributed by atoms with Crippen LogP contribution in [0.4, 0.5) is 0 Å². The summed E-state index contributed by atoms with van der Waals surface area (Å²) in [6.07, 6.45) is 2.77. The van der Waals surface area contributed by atoms with Crippen LogP contribution in [0.3, 0.4) is 0 Å². The molecule has 1 amide bonds. The summed E-state index contributed by atoms with van der Waals surface area (Å²) in [4.78, 5) is 15.6. The molecule has 0 aliphatic carbocycles. The van der Waals surface area contributed by atoms with Crippen LogP contribution in [0.1, 0.15) is 53.0 Å². The van der Waals surface area contributed by atoms with E-state index in [1.165, 1.54) is 5.56 Å². The molecule has 1 aliphatic rings. The van der Waals surface area contributed by atoms with E-state index >= 15 is 0 Å². The van der Waals surface area contributed by atoms with Crippen molar-refractivity contribution in [1.82, 2.24) is 15.1 Å². The molecule has 1 unspecified atom stereocenters. The Morgan fingerprint density at radius 2 is 1.81 bits per heavy atom. The quantitative estimate of drug-likeness (QED) is 0.238. The molecular formula is C30H30ClN3O3. The number of H-pyrrole nitrogens is 1. The van der Waals surface area contributed by atoms with Crippen LogP contribution in [0.5, 0.6) is 11.5 Å². The van der Waals surface area contributed by atoms with Crippen LogP contribution in [0.15, 0.2) is 72.8 Å². The van der Waals surface area contributed by atoms with Gasteiger partial charge in [0, 0.05) is 22.7 Å². The molecule has 0 fully saturated rings. The van der Waals surface area contributed by atoms with Crippen molar-refractivity contribution in [2.24, 2.45) is 0 Å². The summed E-state index contributed by atoms with van der Waals surface area (Å²) in [7, 11) is 1.64. The van der Waals surface area contributed by atoms with Crippen molar-refractivity contribution in [2.75, 3.05) is 20.3 Å². The molecule has 0 spiro atoms. The molecule has 3 aromatic carbocycles. The molecule has 0 saturated carbocycles. The van der Waals surface area contributed by atoms with Gasteiger partial charge >= 0.3 is 0 Å². The van der Waals surface area contributed by atoms with Crippen LogP contribution in [-0.4, -0.2) is 41.3 Å². The molecular weight excluding hydrogens is 486 g/mol. The summed E-state index contributed by atoms with van der Waals surface area (Å²) in [6.45, 7) is 3.32. The highest BCUT2D eigenvalue weighted by Gasteiger charge is 2.42. The Morgan fingerprint density at radius 3 is 2.54 bits per heavy atom. The van der Waals surface area contributed by atoms with Crippen LogP contribution in [-0.2, 0) is 6.42 Å². The first-order chi connectivity index (χ1) is 18.1. The zero-order chi connectivity index (χ0) is 25.8. The van der Waals surface area contributed by atoms with Gasteiger partial charge in [0.2, 0.25) is 0 Å². The van der Waals surface area contributed by atoms with E-state index in [0.29, 0.717) is 35.4 Å². The largest absolute Gasteiger partial charge is 0.493 e. The van der Waals surface area contributed by atoms with Crippen molar-refractivity contribution in [3.8, 4) is 22.8 Å². The molecule has 1 aromatic heterocycles. The summed E-state index contributed by atoms with van der Waals surface area (Å²) in [5.41, 5.74) is 5.15. The van der Waals surface area contributed by atoms with Crippen molar-refractivity contribution in [3.63, 3.8) is 0 Å². The minimum absolute atomic E-state index is 0.0640. The van der Waals surface area contributed by atoms with Crippen LogP contribution < -0.4 is 9.47 Å². The van der Waals surface area contributed by atoms with E-state index in [2.05, 4.69) is 29.3 Å². The predicted octanol–water partition coefficient (Wildman–Crippen LogP) is 6.71. The third-order valence-corrected chi connectivity index (χ3v) is 6.98. The minimum Gasteiger partial charge on any atom is -0.493 e. The average molecular weight is 516 g/mol. The van der Waals surface area contributed by atoms with Crippen LogP contribution in [0.25, 0.3) is 11.3 Å². The number of halogens is 1. The summed E-state index contributed by atoms with van der Waals surface area (Å²) in [5, 5.41) is 8.23. The number of amides is 1. The minimum atomic E-state index is -0.325. The third-order valence-electron chi connectivity index (χ3n) is 6.72. The fourth-order valence-corrected chi connectivity index (χ4v) is 4.92. The lowest BCUT2D eigenvalue weighted by molar-refractivity contribution is 0.0745. The number of hydrogen-bond acceptors (Lipinski definition) is 4. The maximum absolute atomic E-state index is 13.7. The van der Waals surface area contributed by atoms with Crippen LogP contribution in [0.2, 0.25) is 5.02 Å². The Bertz CT molecular complexity index is 1370. The van der Waals surface area contributed by atoms with Gasteiger partial charge in [0.15, 0.2) is 11.5 Å². The number of aromatic amines is 1. The van der Waals surface area contributed by atoms with E-state index in [-0.39, 0.29) is 11.9 Å². The van der Waals surface area contributed by atoms with Crippen molar-refractivity contribution in [2.45, 2.75) is 32.2 Å². The van der Waals surface area contributed by atoms with Crippen LogP contribution >= 0.6 is 11.6 Å². The molecule has 0 radical (unpaired) electrons. The van der Waals surface area contributed by atoms with E-state index in [0.717, 1.165) is 41.6 Å². The SMILES string of the molecule is CCCCOc1ccc(C2c3c(-c4ccc(Cl)cc4)n[nH]c3C(=O)N2CCc2ccccc2)cc1OC. The van der Waals surface area contributed by atoms with Crippen molar-refractivity contribution in [3.05, 3.63) is 100 Å². The topological polar surface area (TPSA) is 67.5 Å². The van der Waals surface area contributed by atoms with Gasteiger partial charge in [0.25, 0.3) is 5.91 Å². The molecule has 190 valence electrons. The number of nitrogens with one attached hydrogen (secondary N) is 1. The molecule has 6 nitrogen and oxygen atoms in total. The maximum atomic E-state index is 13.7. The highest BCUT2D eigenvalue weighted by Crippen LogP contribution is 2.44. The Labute approximate surface area is 222 Å². The number of carbonyl (C=O) groups is 1. The van der Waals surface area contributed by atoms with Crippen molar-refractivity contribution in [1.29, 1.82) is 0 Å². The van der Waals surface area contributed by atoms with Gasteiger partial charge in [0.1, 0.15) is 5.69 Å². The average Bonchev–Trinajstić information content (AvgIpc) is 3.47. The lowest BCUT2D eigenvalue weighted by Gasteiger charge is -2.27. The Balaban J connectivity index is 1.55. The predicted molar refractivity (Wildman–Crippen MR) is 145 cm³/mol. The van der Waals surface area contributed by atoms with Gasteiger partial charge in [-0.05, 0) is 48.2 Å². The molecule has 1 aliphatic heterocycles. The van der Waals surface area contributed by atoms with Crippen molar-refractivity contribution >= 4 is 17.5 Å². The second-order valence-corrected chi connectivity index (χ2v) is 9.55. The van der Waals surface area contributed by atoms with Gasteiger partial charge in [-0.25, -0.2) is 0 Å². The first-order valence-electron chi connectivity index (χ1n) is 12.6. The van der Waals surface area contributed by atoms with Gasteiger partial charge in [-0.1, -0.05) is 73.5 Å². The van der Waals surface area contributed by atoms with Gasteiger partial charge in [-0.2, -0.15) is 5.10 Å². The number of benzene rings is 3. The molecule has 7 heteroatoms. The third kappa shape index (κ3) is 5.07. The van der Waals surface area contributed by atoms with E-state index in [4.69, 9.17) is 21.1 Å². The highest BCUT2D eigenvalue weighted by atomic mass is 35.5. The van der Waals surface area contributed by atoms with Gasteiger partial charge in [-0.3, -0.25) is 9.89 Å². The number of aromatic nitrogens is 2. The van der Waals surface area contributed by atoms with Crippen molar-refractivity contribution < 1.29 is 14.3 Å². The van der Waals surface area contributed by atoms with E-state index in [1.807, 2.05) is 65.6 Å². The lowest BCUT2D eigenvalue weighted by atomic mass is 9.95. The van der Waals surface area contributed by atoms with Crippen LogP contribution in [0, 0.1) is 0 Å². The molecule has 5 rings (SSSR count). The van der Waals surface area contributed by atoms with E-state index < -0.39 is 0 Å². The number of fused-ring (bicyclic) bond motifs is 1. The molecule has 1 atom stereocenters. The standard InChI is InChI=1S/C30H30ClN3O3/c1-3-4-18-37-24-15-12-22(19-25(24)36-2)29-26-27(21-10-13-23(31)14-11-21)32-33-28(26)30(35)34(29)17-16-20-8-6-5-7-9-20/h5-15,19,29H,3-4,16-18H2,1-2H3,(H,32,33). The highest BCUT2D eigenvalue weighted by molar-refractivity contribution is 6.30. The smallest absolute Gasteiger partial charge is 0.273 e. The molecule has 37 heavy (non-hydrogen) atoms. The summed E-state index contributed by atoms with van der Waals surface area (Å²) >= 11 is 6.14. The zero-order valence-corrected chi connectivity index (χ0v) is 21.8. The molecule has 0 saturated heterocycles. The maximum Gasteiger partial charge on any atom is 0.273 e. The molecule has 2 heterocycles. The fourth-order valence-electron chi connectivity index (χ4n) is 4.80. The second-order valence-electron chi connectivity index (χ2n) is 9.12. The fraction of sp³-hybridized carbons (Fsp3) is 0.267. The van der Waals surface area contributed by atoms with E-state index in [1.54, 1.807) is 7.11 Å². The Kier molecular flexibility index (Phi) is 7.47. The molecule has 1 N–H and O–H groups in total. The summed E-state index contributed by atoms with van der Waals surface area (Å²) < 4.78 is 11.7. The summed E-state index contributed by atoms with van der Waals surface area (Å²) in [6, 6.07) is 23.3. The lowest BCUT2D eigenvalue weighted by Crippen LogP contribution is -2.31. The molecule has 0 bridgehead atoms. The normalized spacial score (nSPS) is 14.6. The number of rotatable bonds is 10. The second kappa shape index (κ2) is 11.1.